The molecule has 1 aromatic rings. The number of ether oxygens (including phenoxy) is 1. The van der Waals surface area contributed by atoms with E-state index in [2.05, 4.69) is 0 Å². The predicted molar refractivity (Wildman–Crippen MR) is 87.2 cm³/mol. The van der Waals surface area contributed by atoms with Gasteiger partial charge in [0.1, 0.15) is 12.2 Å². The van der Waals surface area contributed by atoms with Crippen molar-refractivity contribution in [2.75, 3.05) is 57.4 Å². The van der Waals surface area contributed by atoms with Gasteiger partial charge >= 0.3 is 0 Å². The number of morpholine rings is 1. The van der Waals surface area contributed by atoms with E-state index in [1.807, 2.05) is 4.90 Å². The number of anilines is 1. The molecule has 0 saturated carbocycles. The topological polar surface area (TPSA) is 53.1 Å². The minimum absolute atomic E-state index is 0.0975. The van der Waals surface area contributed by atoms with Crippen molar-refractivity contribution in [3.8, 4) is 0 Å². The molecule has 130 valence electrons. The summed E-state index contributed by atoms with van der Waals surface area (Å²) < 4.78 is 19.0. The second-order valence-corrected chi connectivity index (χ2v) is 5.99. The number of carbonyl (C=O) groups is 2. The van der Waals surface area contributed by atoms with E-state index in [0.29, 0.717) is 58.2 Å². The highest BCUT2D eigenvalue weighted by Gasteiger charge is 2.26. The van der Waals surface area contributed by atoms with E-state index in [-0.39, 0.29) is 24.1 Å². The monoisotopic (exact) mass is 335 g/mol. The first-order valence-electron chi connectivity index (χ1n) is 8.28. The molecule has 1 aromatic carbocycles. The van der Waals surface area contributed by atoms with Crippen LogP contribution in [0.1, 0.15) is 6.42 Å². The van der Waals surface area contributed by atoms with Crippen molar-refractivity contribution < 1.29 is 18.7 Å². The van der Waals surface area contributed by atoms with Gasteiger partial charge in [-0.25, -0.2) is 4.39 Å². The number of benzene rings is 1. The highest BCUT2D eigenvalue weighted by Crippen LogP contribution is 2.20. The number of hydrogen-bond donors (Lipinski definition) is 0. The fourth-order valence-electron chi connectivity index (χ4n) is 3.07. The van der Waals surface area contributed by atoms with Crippen molar-refractivity contribution in [3.05, 3.63) is 30.1 Å². The van der Waals surface area contributed by atoms with Gasteiger partial charge in [0, 0.05) is 39.3 Å². The van der Waals surface area contributed by atoms with Crippen LogP contribution < -0.4 is 4.90 Å². The van der Waals surface area contributed by atoms with E-state index in [9.17, 15) is 14.0 Å². The van der Waals surface area contributed by atoms with Crippen LogP contribution in [0.2, 0.25) is 0 Å². The van der Waals surface area contributed by atoms with E-state index in [1.54, 1.807) is 28.0 Å². The van der Waals surface area contributed by atoms with Crippen LogP contribution in [0.15, 0.2) is 24.3 Å². The molecule has 24 heavy (non-hydrogen) atoms. The average Bonchev–Trinajstić information content (AvgIpc) is 2.63. The summed E-state index contributed by atoms with van der Waals surface area (Å²) >= 11 is 0. The molecule has 0 spiro atoms. The molecular formula is C17H22FN3O3. The molecule has 0 N–H and O–H groups in total. The Kier molecular flexibility index (Phi) is 5.30. The highest BCUT2D eigenvalue weighted by atomic mass is 19.1. The maximum absolute atomic E-state index is 13.8. The molecule has 0 bridgehead atoms. The van der Waals surface area contributed by atoms with Crippen molar-refractivity contribution in [2.45, 2.75) is 6.42 Å². The first kappa shape index (κ1) is 16.7. The molecule has 2 aliphatic heterocycles. The molecule has 2 amide bonds. The summed E-state index contributed by atoms with van der Waals surface area (Å²) in [6, 6.07) is 6.65. The Morgan fingerprint density at radius 3 is 2.12 bits per heavy atom. The van der Waals surface area contributed by atoms with Gasteiger partial charge in [-0.2, -0.15) is 0 Å². The summed E-state index contributed by atoms with van der Waals surface area (Å²) in [7, 11) is 0. The molecule has 2 fully saturated rings. The molecule has 6 nitrogen and oxygen atoms in total. The van der Waals surface area contributed by atoms with Gasteiger partial charge in [-0.3, -0.25) is 9.59 Å². The molecule has 2 saturated heterocycles. The highest BCUT2D eigenvalue weighted by molar-refractivity contribution is 5.97. The summed E-state index contributed by atoms with van der Waals surface area (Å²) in [6.45, 7) is 4.30. The minimum Gasteiger partial charge on any atom is -0.378 e. The quantitative estimate of drug-likeness (QED) is 0.764. The molecule has 0 atom stereocenters. The number of piperazine rings is 1. The second-order valence-electron chi connectivity index (χ2n) is 5.99. The Bertz CT molecular complexity index is 596. The van der Waals surface area contributed by atoms with Crippen LogP contribution in [0.5, 0.6) is 0 Å². The van der Waals surface area contributed by atoms with Crippen molar-refractivity contribution in [2.24, 2.45) is 0 Å². The van der Waals surface area contributed by atoms with Crippen LogP contribution in [0, 0.1) is 5.82 Å². The van der Waals surface area contributed by atoms with Gasteiger partial charge in [-0.05, 0) is 12.1 Å². The predicted octanol–water partition coefficient (Wildman–Crippen LogP) is 0.723. The Morgan fingerprint density at radius 1 is 0.917 bits per heavy atom. The lowest BCUT2D eigenvalue weighted by molar-refractivity contribution is -0.143. The van der Waals surface area contributed by atoms with Gasteiger partial charge < -0.3 is 19.4 Å². The SMILES string of the molecule is O=C(CC(=O)N1CCN(c2ccccc2F)CC1)N1CCOCC1. The van der Waals surface area contributed by atoms with Crippen LogP contribution in [0.3, 0.4) is 0 Å². The second kappa shape index (κ2) is 7.61. The smallest absolute Gasteiger partial charge is 0.232 e. The molecule has 0 aromatic heterocycles. The van der Waals surface area contributed by atoms with Crippen molar-refractivity contribution in [1.82, 2.24) is 9.80 Å². The summed E-state index contributed by atoms with van der Waals surface area (Å²) in [4.78, 5) is 29.8. The van der Waals surface area contributed by atoms with Crippen LogP contribution in [-0.2, 0) is 14.3 Å². The van der Waals surface area contributed by atoms with Crippen molar-refractivity contribution >= 4 is 17.5 Å². The van der Waals surface area contributed by atoms with E-state index in [0.717, 1.165) is 0 Å². The zero-order valence-corrected chi connectivity index (χ0v) is 13.6. The van der Waals surface area contributed by atoms with Crippen LogP contribution in [0.4, 0.5) is 10.1 Å². The third-order valence-corrected chi connectivity index (χ3v) is 4.49. The van der Waals surface area contributed by atoms with Gasteiger partial charge in [0.15, 0.2) is 0 Å². The first-order valence-corrected chi connectivity index (χ1v) is 8.28. The van der Waals surface area contributed by atoms with Crippen LogP contribution >= 0.6 is 0 Å². The van der Waals surface area contributed by atoms with E-state index >= 15 is 0 Å². The van der Waals surface area contributed by atoms with E-state index < -0.39 is 0 Å². The lowest BCUT2D eigenvalue weighted by Gasteiger charge is -2.36. The van der Waals surface area contributed by atoms with Crippen LogP contribution in [-0.4, -0.2) is 74.1 Å². The lowest BCUT2D eigenvalue weighted by atomic mass is 10.2. The lowest BCUT2D eigenvalue weighted by Crippen LogP contribution is -2.50. The number of rotatable bonds is 3. The Balaban J connectivity index is 1.50. The molecule has 0 radical (unpaired) electrons. The van der Waals surface area contributed by atoms with Gasteiger partial charge in [-0.15, -0.1) is 0 Å². The zero-order valence-electron chi connectivity index (χ0n) is 13.6. The third-order valence-electron chi connectivity index (χ3n) is 4.49. The van der Waals surface area contributed by atoms with Crippen molar-refractivity contribution in [3.63, 3.8) is 0 Å². The fourth-order valence-corrected chi connectivity index (χ4v) is 3.07. The number of nitrogens with zero attached hydrogens (tertiary/aromatic N) is 3. The Morgan fingerprint density at radius 2 is 1.50 bits per heavy atom. The number of para-hydroxylation sites is 1. The number of carbonyl (C=O) groups excluding carboxylic acids is 2. The standard InChI is InChI=1S/C17H22FN3O3/c18-14-3-1-2-4-15(14)19-5-7-20(8-6-19)16(22)13-17(23)21-9-11-24-12-10-21/h1-4H,5-13H2. The van der Waals surface area contributed by atoms with Gasteiger partial charge in [0.25, 0.3) is 0 Å². The van der Waals surface area contributed by atoms with Crippen LogP contribution in [0.25, 0.3) is 0 Å². The molecule has 7 heteroatoms. The molecular weight excluding hydrogens is 313 g/mol. The van der Waals surface area contributed by atoms with E-state index in [4.69, 9.17) is 4.74 Å². The minimum atomic E-state index is -0.250. The summed E-state index contributed by atoms with van der Waals surface area (Å²) in [5.74, 6) is -0.542. The zero-order chi connectivity index (χ0) is 16.9. The molecule has 2 aliphatic rings. The summed E-state index contributed by atoms with van der Waals surface area (Å²) in [5.41, 5.74) is 0.564. The molecule has 0 aliphatic carbocycles. The maximum Gasteiger partial charge on any atom is 0.232 e. The summed E-state index contributed by atoms with van der Waals surface area (Å²) in [5, 5.41) is 0. The Hall–Kier alpha value is -2.15. The van der Waals surface area contributed by atoms with Gasteiger partial charge in [0.2, 0.25) is 11.8 Å². The molecule has 2 heterocycles. The van der Waals surface area contributed by atoms with Crippen molar-refractivity contribution in [1.29, 1.82) is 0 Å². The molecule has 0 unspecified atom stereocenters. The average molecular weight is 335 g/mol. The van der Waals surface area contributed by atoms with Gasteiger partial charge in [-0.1, -0.05) is 12.1 Å². The largest absolute Gasteiger partial charge is 0.378 e. The Labute approximate surface area is 140 Å². The maximum atomic E-state index is 13.8. The third kappa shape index (κ3) is 3.84. The fraction of sp³-hybridized carbons (Fsp3) is 0.529. The van der Waals surface area contributed by atoms with Gasteiger partial charge in [0.05, 0.1) is 18.9 Å². The number of hydrogen-bond acceptors (Lipinski definition) is 4. The number of amides is 2. The normalized spacial score (nSPS) is 18.6. The number of halogens is 1. The summed E-state index contributed by atoms with van der Waals surface area (Å²) in [6.07, 6.45) is -0.0975. The first-order chi connectivity index (χ1) is 11.6. The molecule has 3 rings (SSSR count). The van der Waals surface area contributed by atoms with E-state index in [1.165, 1.54) is 6.07 Å².